The maximum absolute atomic E-state index is 13.6. The van der Waals surface area contributed by atoms with Crippen molar-refractivity contribution < 1.29 is 24.5 Å². The van der Waals surface area contributed by atoms with E-state index in [9.17, 15) is 15.0 Å². The van der Waals surface area contributed by atoms with Gasteiger partial charge in [0.1, 0.15) is 5.75 Å². The molecule has 2 saturated heterocycles. The minimum absolute atomic E-state index is 0.0557. The van der Waals surface area contributed by atoms with Crippen molar-refractivity contribution in [3.63, 3.8) is 0 Å². The van der Waals surface area contributed by atoms with Crippen LogP contribution in [0.4, 0.5) is 0 Å². The summed E-state index contributed by atoms with van der Waals surface area (Å²) in [5, 5.41) is 24.4. The van der Waals surface area contributed by atoms with E-state index in [1.54, 1.807) is 7.11 Å². The molecule has 0 unspecified atom stereocenters. The standard InChI is InChI=1S/C24H34N2O5/c1-14-20(17-12-25-13-18(17)22(28)21(14)27)23(29)26-8-6-24(7-9-26)19-4-3-16(30-2)11-15(19)5-10-31-24/h3-4,11,14,17-18,20-22,25,27-28H,5-10,12-13H2,1-2H3/t14-,17+,18+,20+,21+,22+/m1/s1. The normalized spacial score (nSPS) is 36.7. The molecule has 1 amide bonds. The van der Waals surface area contributed by atoms with Crippen LogP contribution in [0.5, 0.6) is 5.75 Å². The van der Waals surface area contributed by atoms with E-state index in [1.807, 2.05) is 17.9 Å². The first-order valence-corrected chi connectivity index (χ1v) is 11.6. The maximum Gasteiger partial charge on any atom is 0.226 e. The summed E-state index contributed by atoms with van der Waals surface area (Å²) in [7, 11) is 1.69. The molecule has 3 heterocycles. The van der Waals surface area contributed by atoms with Gasteiger partial charge in [0.15, 0.2) is 0 Å². The van der Waals surface area contributed by atoms with E-state index in [-0.39, 0.29) is 35.2 Å². The number of likely N-dealkylation sites (tertiary alicyclic amines) is 1. The van der Waals surface area contributed by atoms with Gasteiger partial charge >= 0.3 is 0 Å². The van der Waals surface area contributed by atoms with Crippen LogP contribution >= 0.6 is 0 Å². The van der Waals surface area contributed by atoms with Gasteiger partial charge in [-0.2, -0.15) is 0 Å². The summed E-state index contributed by atoms with van der Waals surface area (Å²) in [6.07, 6.45) is 0.822. The highest BCUT2D eigenvalue weighted by Gasteiger charge is 2.53. The zero-order valence-corrected chi connectivity index (χ0v) is 18.4. The van der Waals surface area contributed by atoms with Crippen molar-refractivity contribution in [2.45, 2.75) is 44.0 Å². The van der Waals surface area contributed by atoms with Gasteiger partial charge in [0, 0.05) is 31.5 Å². The predicted molar refractivity (Wildman–Crippen MR) is 115 cm³/mol. The fourth-order valence-corrected chi connectivity index (χ4v) is 6.56. The van der Waals surface area contributed by atoms with Crippen LogP contribution in [0.2, 0.25) is 0 Å². The summed E-state index contributed by atoms with van der Waals surface area (Å²) in [6.45, 7) is 5.29. The van der Waals surface area contributed by atoms with Crippen LogP contribution in [-0.4, -0.2) is 73.1 Å². The minimum atomic E-state index is -0.852. The van der Waals surface area contributed by atoms with Crippen LogP contribution in [0.15, 0.2) is 18.2 Å². The van der Waals surface area contributed by atoms with Crippen LogP contribution in [0.1, 0.15) is 30.9 Å². The number of nitrogens with one attached hydrogen (secondary N) is 1. The van der Waals surface area contributed by atoms with Crippen molar-refractivity contribution in [3.05, 3.63) is 29.3 Å². The van der Waals surface area contributed by atoms with E-state index in [4.69, 9.17) is 9.47 Å². The lowest BCUT2D eigenvalue weighted by Gasteiger charge is -2.48. The van der Waals surface area contributed by atoms with Gasteiger partial charge in [0.25, 0.3) is 0 Å². The molecule has 3 N–H and O–H groups in total. The zero-order valence-electron chi connectivity index (χ0n) is 18.4. The van der Waals surface area contributed by atoms with E-state index in [0.29, 0.717) is 26.2 Å². The van der Waals surface area contributed by atoms with Gasteiger partial charge in [-0.15, -0.1) is 0 Å². The molecular formula is C24H34N2O5. The van der Waals surface area contributed by atoms with Gasteiger partial charge in [-0.3, -0.25) is 4.79 Å². The number of hydrogen-bond acceptors (Lipinski definition) is 6. The summed E-state index contributed by atoms with van der Waals surface area (Å²) in [5.41, 5.74) is 2.18. The highest BCUT2D eigenvalue weighted by Crippen LogP contribution is 2.45. The van der Waals surface area contributed by atoms with Crippen molar-refractivity contribution in [3.8, 4) is 5.75 Å². The van der Waals surface area contributed by atoms with E-state index < -0.39 is 12.2 Å². The average molecular weight is 431 g/mol. The minimum Gasteiger partial charge on any atom is -0.497 e. The Kier molecular flexibility index (Phi) is 5.49. The fraction of sp³-hybridized carbons (Fsp3) is 0.708. The lowest BCUT2D eigenvalue weighted by Crippen LogP contribution is -2.58. The molecular weight excluding hydrogens is 396 g/mol. The Morgan fingerprint density at radius 3 is 2.68 bits per heavy atom. The summed E-state index contributed by atoms with van der Waals surface area (Å²) < 4.78 is 11.7. The molecule has 1 aromatic carbocycles. The van der Waals surface area contributed by atoms with E-state index in [0.717, 1.165) is 31.6 Å². The molecule has 1 spiro atoms. The van der Waals surface area contributed by atoms with Crippen LogP contribution in [0, 0.1) is 23.7 Å². The molecule has 0 radical (unpaired) electrons. The summed E-state index contributed by atoms with van der Waals surface area (Å²) in [4.78, 5) is 15.6. The number of carbonyl (C=O) groups is 1. The number of rotatable bonds is 2. The summed E-state index contributed by atoms with van der Waals surface area (Å²) in [5.74, 6) is 0.513. The number of methoxy groups -OCH3 is 1. The molecule has 5 rings (SSSR count). The molecule has 1 aromatic rings. The Morgan fingerprint density at radius 2 is 1.94 bits per heavy atom. The van der Waals surface area contributed by atoms with Crippen LogP contribution in [-0.2, 0) is 21.6 Å². The number of nitrogens with zero attached hydrogens (tertiary/aromatic N) is 1. The Morgan fingerprint density at radius 1 is 1.19 bits per heavy atom. The van der Waals surface area contributed by atoms with Gasteiger partial charge < -0.3 is 29.9 Å². The molecule has 7 nitrogen and oxygen atoms in total. The van der Waals surface area contributed by atoms with Crippen LogP contribution in [0.25, 0.3) is 0 Å². The molecule has 31 heavy (non-hydrogen) atoms. The number of aliphatic hydroxyl groups excluding tert-OH is 2. The summed E-state index contributed by atoms with van der Waals surface area (Å²) in [6, 6.07) is 6.23. The second-order valence-corrected chi connectivity index (χ2v) is 9.79. The second-order valence-electron chi connectivity index (χ2n) is 9.79. The topological polar surface area (TPSA) is 91.3 Å². The van der Waals surface area contributed by atoms with Gasteiger partial charge in [-0.25, -0.2) is 0 Å². The van der Waals surface area contributed by atoms with Crippen LogP contribution < -0.4 is 10.1 Å². The molecule has 1 aliphatic carbocycles. The SMILES string of the molecule is COc1ccc2c(c1)CCOC21CCN(C(=O)[C@H]2[C@@H](C)[C@H](O)[C@@H](O)[C@H]3CNC[C@@H]32)CC1. The Balaban J connectivity index is 1.33. The van der Waals surface area contributed by atoms with Gasteiger partial charge in [-0.05, 0) is 60.9 Å². The second kappa shape index (κ2) is 8.03. The van der Waals surface area contributed by atoms with E-state index in [2.05, 4.69) is 17.4 Å². The Hall–Kier alpha value is -1.67. The number of aliphatic hydroxyl groups is 2. The maximum atomic E-state index is 13.6. The van der Waals surface area contributed by atoms with Gasteiger partial charge in [0.05, 0.1) is 31.5 Å². The molecule has 3 fully saturated rings. The number of carbonyl (C=O) groups excluding carboxylic acids is 1. The highest BCUT2D eigenvalue weighted by atomic mass is 16.5. The smallest absolute Gasteiger partial charge is 0.226 e. The van der Waals surface area contributed by atoms with Crippen molar-refractivity contribution in [1.82, 2.24) is 10.2 Å². The van der Waals surface area contributed by atoms with E-state index >= 15 is 0 Å². The first-order chi connectivity index (χ1) is 14.9. The number of ether oxygens (including phenoxy) is 2. The predicted octanol–water partition coefficient (Wildman–Crippen LogP) is 0.909. The molecule has 3 aliphatic heterocycles. The van der Waals surface area contributed by atoms with Crippen molar-refractivity contribution >= 4 is 5.91 Å². The number of amides is 1. The monoisotopic (exact) mass is 430 g/mol. The van der Waals surface area contributed by atoms with Crippen molar-refractivity contribution in [2.24, 2.45) is 23.7 Å². The third-order valence-electron chi connectivity index (χ3n) is 8.39. The van der Waals surface area contributed by atoms with Crippen molar-refractivity contribution in [2.75, 3.05) is 39.9 Å². The number of hydrogen-bond donors (Lipinski definition) is 3. The van der Waals surface area contributed by atoms with Gasteiger partial charge in [0.2, 0.25) is 5.91 Å². The Bertz CT molecular complexity index is 837. The number of benzene rings is 1. The van der Waals surface area contributed by atoms with Gasteiger partial charge in [-0.1, -0.05) is 13.0 Å². The first kappa shape index (κ1) is 21.2. The lowest BCUT2D eigenvalue weighted by atomic mass is 9.65. The lowest BCUT2D eigenvalue weighted by molar-refractivity contribution is -0.161. The molecule has 0 aromatic heterocycles. The van der Waals surface area contributed by atoms with Crippen LogP contribution in [0.3, 0.4) is 0 Å². The highest BCUT2D eigenvalue weighted by molar-refractivity contribution is 5.80. The van der Waals surface area contributed by atoms with E-state index in [1.165, 1.54) is 11.1 Å². The molecule has 6 atom stereocenters. The summed E-state index contributed by atoms with van der Waals surface area (Å²) >= 11 is 0. The molecule has 0 bridgehead atoms. The Labute approximate surface area is 183 Å². The number of piperidine rings is 1. The first-order valence-electron chi connectivity index (χ1n) is 11.6. The molecule has 7 heteroatoms. The zero-order chi connectivity index (χ0) is 21.8. The quantitative estimate of drug-likeness (QED) is 0.646. The average Bonchev–Trinajstić information content (AvgIpc) is 3.27. The molecule has 170 valence electrons. The fourth-order valence-electron chi connectivity index (χ4n) is 6.56. The largest absolute Gasteiger partial charge is 0.497 e. The van der Waals surface area contributed by atoms with Crippen molar-refractivity contribution in [1.29, 1.82) is 0 Å². The third-order valence-corrected chi connectivity index (χ3v) is 8.39. The molecule has 1 saturated carbocycles. The number of fused-ring (bicyclic) bond motifs is 3. The third kappa shape index (κ3) is 3.37. The molecule has 4 aliphatic rings.